The maximum absolute atomic E-state index is 11.7. The van der Waals surface area contributed by atoms with E-state index >= 15 is 0 Å². The van der Waals surface area contributed by atoms with E-state index in [1.165, 1.54) is 45.6 Å². The van der Waals surface area contributed by atoms with Crippen molar-refractivity contribution in [1.82, 2.24) is 0 Å². The van der Waals surface area contributed by atoms with Crippen LogP contribution < -0.4 is 0 Å². The molecular formula is C31H50O3. The van der Waals surface area contributed by atoms with Gasteiger partial charge < -0.3 is 9.84 Å². The first-order valence-electron chi connectivity index (χ1n) is 14.0. The van der Waals surface area contributed by atoms with Crippen LogP contribution in [0.25, 0.3) is 0 Å². The van der Waals surface area contributed by atoms with Gasteiger partial charge in [0.25, 0.3) is 0 Å². The highest BCUT2D eigenvalue weighted by Gasteiger charge is 2.63. The van der Waals surface area contributed by atoms with Crippen LogP contribution in [0.2, 0.25) is 0 Å². The van der Waals surface area contributed by atoms with Gasteiger partial charge in [0.2, 0.25) is 0 Å². The van der Waals surface area contributed by atoms with E-state index < -0.39 is 0 Å². The molecule has 3 heteroatoms. The molecule has 1 N–H and O–H groups in total. The van der Waals surface area contributed by atoms with Crippen molar-refractivity contribution in [3.05, 3.63) is 22.8 Å². The fourth-order valence-electron chi connectivity index (χ4n) is 9.64. The highest BCUT2D eigenvalue weighted by atomic mass is 16.5. The summed E-state index contributed by atoms with van der Waals surface area (Å²) < 4.78 is 4.86. The average Bonchev–Trinajstić information content (AvgIpc) is 3.07. The first kappa shape index (κ1) is 26.0. The minimum Gasteiger partial charge on any atom is -0.466 e. The van der Waals surface area contributed by atoms with Crippen LogP contribution in [0.15, 0.2) is 22.8 Å². The van der Waals surface area contributed by atoms with Crippen molar-refractivity contribution in [2.45, 2.75) is 119 Å². The number of allylic oxidation sites excluding steroid dienone is 3. The van der Waals surface area contributed by atoms with E-state index in [0.717, 1.165) is 37.2 Å². The first-order valence-corrected chi connectivity index (χ1v) is 14.0. The maximum Gasteiger partial charge on any atom is 0.333 e. The number of hydrogen-bond acceptors (Lipinski definition) is 3. The molecule has 4 rings (SSSR count). The molecule has 192 valence electrons. The maximum atomic E-state index is 11.7. The third kappa shape index (κ3) is 3.66. The number of aliphatic hydroxyl groups is 1. The van der Waals surface area contributed by atoms with E-state index in [2.05, 4.69) is 47.6 Å². The Bertz CT molecular complexity index is 881. The predicted octanol–water partition coefficient (Wildman–Crippen LogP) is 7.63. The highest BCUT2D eigenvalue weighted by molar-refractivity contribution is 5.87. The minimum atomic E-state index is -0.206. The summed E-state index contributed by atoms with van der Waals surface area (Å²) in [7, 11) is 1.46. The minimum absolute atomic E-state index is 0.00968. The molecule has 0 unspecified atom stereocenters. The smallest absolute Gasteiger partial charge is 0.333 e. The Morgan fingerprint density at radius 2 is 1.76 bits per heavy atom. The monoisotopic (exact) mass is 470 g/mol. The van der Waals surface area contributed by atoms with Crippen molar-refractivity contribution >= 4 is 5.97 Å². The fourth-order valence-corrected chi connectivity index (χ4v) is 9.64. The zero-order valence-electron chi connectivity index (χ0n) is 23.2. The summed E-state index contributed by atoms with van der Waals surface area (Å²) >= 11 is 0. The summed E-state index contributed by atoms with van der Waals surface area (Å²) in [4.78, 5) is 11.7. The summed E-state index contributed by atoms with van der Waals surface area (Å²) in [6.45, 7) is 16.7. The molecule has 0 radical (unpaired) electrons. The summed E-state index contributed by atoms with van der Waals surface area (Å²) in [6.07, 6.45) is 13.8. The molecule has 3 nitrogen and oxygen atoms in total. The van der Waals surface area contributed by atoms with Gasteiger partial charge in [0.15, 0.2) is 0 Å². The number of carbonyl (C=O) groups is 1. The lowest BCUT2D eigenvalue weighted by Crippen LogP contribution is -2.55. The van der Waals surface area contributed by atoms with Crippen LogP contribution >= 0.6 is 0 Å². The number of esters is 1. The Kier molecular flexibility index (Phi) is 6.71. The molecular weight excluding hydrogens is 420 g/mol. The molecule has 7 atom stereocenters. The zero-order chi connectivity index (χ0) is 25.1. The molecule has 0 aromatic heterocycles. The number of carbonyl (C=O) groups excluding carboxylic acids is 1. The predicted molar refractivity (Wildman–Crippen MR) is 139 cm³/mol. The molecule has 0 amide bonds. The molecule has 0 saturated heterocycles. The van der Waals surface area contributed by atoms with Crippen LogP contribution in [0.1, 0.15) is 113 Å². The largest absolute Gasteiger partial charge is 0.466 e. The second-order valence-corrected chi connectivity index (χ2v) is 13.7. The molecule has 0 aromatic carbocycles. The van der Waals surface area contributed by atoms with Gasteiger partial charge in [0.1, 0.15) is 0 Å². The van der Waals surface area contributed by atoms with Gasteiger partial charge in [-0.05, 0) is 111 Å². The van der Waals surface area contributed by atoms with E-state index in [1.807, 2.05) is 12.5 Å². The topological polar surface area (TPSA) is 46.5 Å². The Hall–Kier alpha value is -1.09. The first-order chi connectivity index (χ1) is 15.8. The lowest BCUT2D eigenvalue weighted by atomic mass is 9.43. The third-order valence-electron chi connectivity index (χ3n) is 12.1. The quantitative estimate of drug-likeness (QED) is 0.255. The van der Waals surface area contributed by atoms with Crippen LogP contribution in [-0.2, 0) is 9.53 Å². The SMILES string of the molecule is COC(=O)/C(C)=C/CC[C@@H](C)[C@@H]1CC[C@]2(C)C3=C(CC[C@@]12C)[C@@]1(C)CC[C@H](O)C(C)(C)[C@@H]1CC3. The lowest BCUT2D eigenvalue weighted by Gasteiger charge is -2.62. The number of rotatable bonds is 5. The number of methoxy groups -OCH3 is 1. The Balaban J connectivity index is 1.57. The van der Waals surface area contributed by atoms with E-state index in [4.69, 9.17) is 4.74 Å². The molecule has 0 spiro atoms. The van der Waals surface area contributed by atoms with Crippen molar-refractivity contribution in [3.63, 3.8) is 0 Å². The van der Waals surface area contributed by atoms with Crippen LogP contribution in [-0.4, -0.2) is 24.3 Å². The molecule has 4 aliphatic carbocycles. The molecule has 0 aromatic rings. The van der Waals surface area contributed by atoms with Crippen LogP contribution in [0.3, 0.4) is 0 Å². The van der Waals surface area contributed by atoms with E-state index in [9.17, 15) is 9.90 Å². The summed E-state index contributed by atoms with van der Waals surface area (Å²) in [6, 6.07) is 0. The van der Waals surface area contributed by atoms with Crippen molar-refractivity contribution in [2.24, 2.45) is 39.4 Å². The summed E-state index contributed by atoms with van der Waals surface area (Å²) in [5.74, 6) is 1.79. The second kappa shape index (κ2) is 8.79. The Morgan fingerprint density at radius 1 is 1.06 bits per heavy atom. The van der Waals surface area contributed by atoms with Crippen LogP contribution in [0.5, 0.6) is 0 Å². The molecule has 2 fully saturated rings. The Labute approximate surface area is 208 Å². The molecule has 0 bridgehead atoms. The molecule has 2 saturated carbocycles. The molecule has 4 aliphatic rings. The van der Waals surface area contributed by atoms with Gasteiger partial charge in [-0.1, -0.05) is 58.8 Å². The van der Waals surface area contributed by atoms with Gasteiger partial charge in [-0.15, -0.1) is 0 Å². The van der Waals surface area contributed by atoms with Gasteiger partial charge in [0.05, 0.1) is 13.2 Å². The molecule has 0 aliphatic heterocycles. The summed E-state index contributed by atoms with van der Waals surface area (Å²) in [5.41, 5.74) is 5.30. The van der Waals surface area contributed by atoms with Crippen molar-refractivity contribution in [2.75, 3.05) is 7.11 Å². The third-order valence-corrected chi connectivity index (χ3v) is 12.1. The van der Waals surface area contributed by atoms with E-state index in [-0.39, 0.29) is 22.9 Å². The molecule has 34 heavy (non-hydrogen) atoms. The number of fused-ring (bicyclic) bond motifs is 4. The average molecular weight is 471 g/mol. The Morgan fingerprint density at radius 3 is 2.44 bits per heavy atom. The number of aliphatic hydroxyl groups excluding tert-OH is 1. The van der Waals surface area contributed by atoms with Gasteiger partial charge >= 0.3 is 5.97 Å². The molecule has 0 heterocycles. The standard InChI is InChI=1S/C31H50O3/c1-20(10-9-11-21(2)27(33)34-8)22-14-18-31(7)24-12-13-25-28(3,4)26(32)16-17-29(25,5)23(24)15-19-30(22,31)6/h11,20,22,25-26,32H,9-10,12-19H2,1-8H3/b21-11+/t20-,22+,25+,26+,29-,30+,31-/m1/s1. The fraction of sp³-hybridized carbons (Fsp3) is 0.839. The normalized spacial score (nSPS) is 42.5. The highest BCUT2D eigenvalue weighted by Crippen LogP contribution is 2.72. The number of hydrogen-bond donors (Lipinski definition) is 1. The van der Waals surface area contributed by atoms with Crippen molar-refractivity contribution < 1.29 is 14.6 Å². The zero-order valence-corrected chi connectivity index (χ0v) is 23.2. The van der Waals surface area contributed by atoms with Gasteiger partial charge in [0, 0.05) is 5.57 Å². The van der Waals surface area contributed by atoms with Crippen molar-refractivity contribution in [1.29, 1.82) is 0 Å². The number of ether oxygens (including phenoxy) is 1. The lowest BCUT2D eigenvalue weighted by molar-refractivity contribution is -0.136. The van der Waals surface area contributed by atoms with Gasteiger partial charge in [-0.2, -0.15) is 0 Å². The van der Waals surface area contributed by atoms with Gasteiger partial charge in [-0.3, -0.25) is 0 Å². The van der Waals surface area contributed by atoms with Gasteiger partial charge in [-0.25, -0.2) is 4.79 Å². The van der Waals surface area contributed by atoms with Crippen LogP contribution in [0.4, 0.5) is 0 Å². The van der Waals surface area contributed by atoms with E-state index in [1.54, 1.807) is 5.57 Å². The van der Waals surface area contributed by atoms with Crippen LogP contribution in [0, 0.1) is 39.4 Å². The van der Waals surface area contributed by atoms with E-state index in [0.29, 0.717) is 22.7 Å². The second-order valence-electron chi connectivity index (χ2n) is 13.7. The summed E-state index contributed by atoms with van der Waals surface area (Å²) in [5, 5.41) is 10.8. The van der Waals surface area contributed by atoms with Crippen molar-refractivity contribution in [3.8, 4) is 0 Å².